The summed E-state index contributed by atoms with van der Waals surface area (Å²) < 4.78 is 33.7. The van der Waals surface area contributed by atoms with Crippen molar-refractivity contribution in [3.8, 4) is 17.0 Å². The fourth-order valence-electron chi connectivity index (χ4n) is 3.23. The zero-order chi connectivity index (χ0) is 26.1. The Bertz CT molecular complexity index is 1320. The molecule has 5 N–H and O–H groups in total. The van der Waals surface area contributed by atoms with Gasteiger partial charge in [0.25, 0.3) is 5.96 Å². The SMILES string of the molecule is Cc1ccc(S(=O)(=O)N[C@@H](CCCN=C(N)N[N+](=O)[O-])C(=O)Oc2c[nH]c(-c3ccccc3)c2)cc1. The van der Waals surface area contributed by atoms with E-state index < -0.39 is 33.0 Å². The number of sulfonamides is 1. The molecule has 190 valence electrons. The van der Waals surface area contributed by atoms with Crippen LogP contribution in [-0.4, -0.2) is 42.9 Å². The lowest BCUT2D eigenvalue weighted by atomic mass is 10.1. The molecule has 0 saturated heterocycles. The van der Waals surface area contributed by atoms with Crippen LogP contribution < -0.4 is 20.6 Å². The molecule has 0 unspecified atom stereocenters. The molecule has 36 heavy (non-hydrogen) atoms. The first kappa shape index (κ1) is 26.4. The summed E-state index contributed by atoms with van der Waals surface area (Å²) in [6, 6.07) is 15.9. The van der Waals surface area contributed by atoms with Gasteiger partial charge in [-0.15, -0.1) is 0 Å². The van der Waals surface area contributed by atoms with Crippen LogP contribution >= 0.6 is 0 Å². The van der Waals surface area contributed by atoms with Crippen LogP contribution in [0.5, 0.6) is 5.75 Å². The van der Waals surface area contributed by atoms with Gasteiger partial charge in [-0.1, -0.05) is 53.5 Å². The molecule has 0 amide bonds. The van der Waals surface area contributed by atoms with Crippen LogP contribution in [0.15, 0.2) is 76.7 Å². The number of hydrogen-bond donors (Lipinski definition) is 4. The third-order valence-electron chi connectivity index (χ3n) is 5.01. The number of nitro groups is 1. The molecule has 0 bridgehead atoms. The molecular weight excluding hydrogens is 488 g/mol. The molecule has 0 spiro atoms. The van der Waals surface area contributed by atoms with Gasteiger partial charge < -0.3 is 15.5 Å². The van der Waals surface area contributed by atoms with E-state index in [0.717, 1.165) is 16.8 Å². The molecule has 0 fully saturated rings. The number of H-pyrrole nitrogens is 1. The Morgan fingerprint density at radius 1 is 1.19 bits per heavy atom. The molecule has 3 rings (SSSR count). The molecule has 0 radical (unpaired) electrons. The molecule has 13 heteroatoms. The first-order chi connectivity index (χ1) is 17.1. The fraction of sp³-hybridized carbons (Fsp3) is 0.217. The van der Waals surface area contributed by atoms with Gasteiger partial charge in [-0.2, -0.15) is 4.72 Å². The predicted octanol–water partition coefficient (Wildman–Crippen LogP) is 2.12. The molecule has 0 saturated carbocycles. The minimum absolute atomic E-state index is 0.00337. The number of nitrogens with zero attached hydrogens (tertiary/aromatic N) is 2. The topological polar surface area (TPSA) is 182 Å². The van der Waals surface area contributed by atoms with Crippen molar-refractivity contribution in [3.63, 3.8) is 0 Å². The number of guanidine groups is 1. The van der Waals surface area contributed by atoms with Crippen molar-refractivity contribution >= 4 is 22.0 Å². The molecule has 1 atom stereocenters. The lowest BCUT2D eigenvalue weighted by molar-refractivity contribution is -0.525. The van der Waals surface area contributed by atoms with Gasteiger partial charge in [0.05, 0.1) is 4.90 Å². The van der Waals surface area contributed by atoms with Crippen molar-refractivity contribution in [3.05, 3.63) is 82.5 Å². The minimum Gasteiger partial charge on any atom is -0.424 e. The summed E-state index contributed by atoms with van der Waals surface area (Å²) in [5.41, 5.74) is 9.58. The van der Waals surface area contributed by atoms with E-state index in [1.54, 1.807) is 23.6 Å². The lowest BCUT2D eigenvalue weighted by Gasteiger charge is -2.17. The number of esters is 1. The van der Waals surface area contributed by atoms with Gasteiger partial charge in [0.1, 0.15) is 11.8 Å². The number of hydrogen-bond acceptors (Lipinski definition) is 7. The number of hydrazine groups is 1. The molecule has 3 aromatic rings. The van der Waals surface area contributed by atoms with E-state index in [1.165, 1.54) is 18.3 Å². The number of rotatable bonds is 11. The maximum atomic E-state index is 13.0. The summed E-state index contributed by atoms with van der Waals surface area (Å²) in [6.07, 6.45) is 1.70. The summed E-state index contributed by atoms with van der Waals surface area (Å²) in [4.78, 5) is 30.2. The Balaban J connectivity index is 1.73. The first-order valence-electron chi connectivity index (χ1n) is 10.9. The summed E-state index contributed by atoms with van der Waals surface area (Å²) >= 11 is 0. The third kappa shape index (κ3) is 7.65. The van der Waals surface area contributed by atoms with Gasteiger partial charge in [0.15, 0.2) is 5.03 Å². The number of nitrogens with two attached hydrogens (primary N) is 1. The van der Waals surface area contributed by atoms with E-state index in [1.807, 2.05) is 37.3 Å². The van der Waals surface area contributed by atoms with Crippen molar-refractivity contribution in [1.82, 2.24) is 15.1 Å². The van der Waals surface area contributed by atoms with Crippen LogP contribution in [0.3, 0.4) is 0 Å². The molecule has 1 aromatic heterocycles. The molecule has 1 heterocycles. The predicted molar refractivity (Wildman–Crippen MR) is 133 cm³/mol. The number of aliphatic imine (C=N–C) groups is 1. The van der Waals surface area contributed by atoms with Crippen LogP contribution in [-0.2, 0) is 14.8 Å². The average Bonchev–Trinajstić information content (AvgIpc) is 3.30. The maximum absolute atomic E-state index is 13.0. The Labute approximate surface area is 207 Å². The normalized spacial score (nSPS) is 12.6. The van der Waals surface area contributed by atoms with Crippen LogP contribution in [0.4, 0.5) is 0 Å². The molecule has 0 aliphatic carbocycles. The zero-order valence-electron chi connectivity index (χ0n) is 19.4. The monoisotopic (exact) mass is 514 g/mol. The van der Waals surface area contributed by atoms with Crippen molar-refractivity contribution in [2.75, 3.05) is 6.54 Å². The molecular formula is C23H26N6O6S. The Kier molecular flexibility index (Phi) is 8.76. The molecule has 2 aromatic carbocycles. The Hall–Kier alpha value is -4.23. The number of aromatic amines is 1. The Morgan fingerprint density at radius 3 is 2.56 bits per heavy atom. The highest BCUT2D eigenvalue weighted by molar-refractivity contribution is 7.89. The first-order valence-corrected chi connectivity index (χ1v) is 12.4. The van der Waals surface area contributed by atoms with E-state index in [0.29, 0.717) is 0 Å². The Morgan fingerprint density at radius 2 is 1.89 bits per heavy atom. The minimum atomic E-state index is -4.04. The quantitative estimate of drug-likeness (QED) is 0.0749. The number of carbonyl (C=O) groups excluding carboxylic acids is 1. The summed E-state index contributed by atoms with van der Waals surface area (Å²) in [5, 5.41) is 9.56. The smallest absolute Gasteiger partial charge is 0.329 e. The number of aromatic nitrogens is 1. The second-order valence-electron chi connectivity index (χ2n) is 7.80. The highest BCUT2D eigenvalue weighted by Crippen LogP contribution is 2.23. The number of nitrogens with one attached hydrogen (secondary N) is 3. The van der Waals surface area contributed by atoms with E-state index in [9.17, 15) is 23.3 Å². The summed E-state index contributed by atoms with van der Waals surface area (Å²) in [7, 11) is -4.04. The van der Waals surface area contributed by atoms with Crippen LogP contribution in [0.2, 0.25) is 0 Å². The lowest BCUT2D eigenvalue weighted by Crippen LogP contribution is -2.43. The van der Waals surface area contributed by atoms with E-state index in [2.05, 4.69) is 14.7 Å². The molecule has 12 nitrogen and oxygen atoms in total. The van der Waals surface area contributed by atoms with E-state index in [-0.39, 0.29) is 30.0 Å². The van der Waals surface area contributed by atoms with Crippen molar-refractivity contribution in [1.29, 1.82) is 0 Å². The summed E-state index contributed by atoms with van der Waals surface area (Å²) in [5.74, 6) is -0.999. The second kappa shape index (κ2) is 12.0. The molecule has 0 aliphatic heterocycles. The third-order valence-corrected chi connectivity index (χ3v) is 6.50. The number of ether oxygens (including phenoxy) is 1. The second-order valence-corrected chi connectivity index (χ2v) is 9.52. The van der Waals surface area contributed by atoms with E-state index in [4.69, 9.17) is 10.5 Å². The van der Waals surface area contributed by atoms with Gasteiger partial charge in [-0.05, 0) is 37.5 Å². The fourth-order valence-corrected chi connectivity index (χ4v) is 4.45. The zero-order valence-corrected chi connectivity index (χ0v) is 20.2. The average molecular weight is 515 g/mol. The standard InChI is InChI=1S/C23H26N6O6S/c1-16-9-11-19(12-10-16)36(33,34)28-20(8-5-13-25-23(24)27-29(31)32)22(30)35-18-14-21(26-15-18)17-6-3-2-4-7-17/h2-4,6-7,9-12,14-15,20,26,28H,5,8,13H2,1H3,(H3,24,25,27)/t20-/m0/s1. The van der Waals surface area contributed by atoms with Crippen molar-refractivity contribution < 1.29 is 23.0 Å². The van der Waals surface area contributed by atoms with Gasteiger partial charge in [-0.25, -0.2) is 28.3 Å². The number of benzene rings is 2. The van der Waals surface area contributed by atoms with Gasteiger partial charge in [-0.3, -0.25) is 0 Å². The van der Waals surface area contributed by atoms with Gasteiger partial charge in [0, 0.05) is 24.5 Å². The van der Waals surface area contributed by atoms with Crippen LogP contribution in [0.25, 0.3) is 11.3 Å². The summed E-state index contributed by atoms with van der Waals surface area (Å²) in [6.45, 7) is 1.84. The molecule has 0 aliphatic rings. The number of aryl methyl sites for hydroxylation is 1. The van der Waals surface area contributed by atoms with E-state index >= 15 is 0 Å². The van der Waals surface area contributed by atoms with Crippen molar-refractivity contribution in [2.24, 2.45) is 10.7 Å². The highest BCUT2D eigenvalue weighted by atomic mass is 32.2. The highest BCUT2D eigenvalue weighted by Gasteiger charge is 2.27. The van der Waals surface area contributed by atoms with Gasteiger partial charge >= 0.3 is 5.97 Å². The largest absolute Gasteiger partial charge is 0.424 e. The van der Waals surface area contributed by atoms with Crippen LogP contribution in [0.1, 0.15) is 18.4 Å². The number of carbonyl (C=O) groups is 1. The van der Waals surface area contributed by atoms with Crippen molar-refractivity contribution in [2.45, 2.75) is 30.7 Å². The van der Waals surface area contributed by atoms with Crippen LogP contribution in [0, 0.1) is 17.0 Å². The van der Waals surface area contributed by atoms with Gasteiger partial charge in [0.2, 0.25) is 10.0 Å². The maximum Gasteiger partial charge on any atom is 0.329 e.